The SMILES string of the molecule is CC1=C2CCC(=O)C=C2CCC1C(C)CCC1CCC(N(C)C)CC1. The minimum absolute atomic E-state index is 0.339. The van der Waals surface area contributed by atoms with Crippen LogP contribution in [0, 0.1) is 17.8 Å². The van der Waals surface area contributed by atoms with E-state index >= 15 is 0 Å². The van der Waals surface area contributed by atoms with Crippen molar-refractivity contribution in [2.45, 2.75) is 84.1 Å². The summed E-state index contributed by atoms with van der Waals surface area (Å²) in [6, 6.07) is 0.818. The predicted octanol–water partition coefficient (Wildman–Crippen LogP) is 5.54. The van der Waals surface area contributed by atoms with E-state index < -0.39 is 0 Å². The van der Waals surface area contributed by atoms with E-state index in [1.807, 2.05) is 6.08 Å². The Morgan fingerprint density at radius 2 is 1.80 bits per heavy atom. The third-order valence-electron chi connectivity index (χ3n) is 7.36. The average molecular weight is 344 g/mol. The lowest BCUT2D eigenvalue weighted by molar-refractivity contribution is -0.114. The van der Waals surface area contributed by atoms with Crippen LogP contribution < -0.4 is 0 Å². The molecule has 0 radical (unpaired) electrons. The molecule has 2 heteroatoms. The normalized spacial score (nSPS) is 31.8. The average Bonchev–Trinajstić information content (AvgIpc) is 2.60. The minimum Gasteiger partial charge on any atom is -0.306 e. The van der Waals surface area contributed by atoms with Crippen molar-refractivity contribution in [2.24, 2.45) is 17.8 Å². The number of carbonyl (C=O) groups excluding carboxylic acids is 1. The molecule has 3 rings (SSSR count). The maximum absolute atomic E-state index is 11.7. The van der Waals surface area contributed by atoms with E-state index in [4.69, 9.17) is 0 Å². The summed E-state index contributed by atoms with van der Waals surface area (Å²) in [5.41, 5.74) is 4.50. The van der Waals surface area contributed by atoms with Crippen molar-refractivity contribution in [3.8, 4) is 0 Å². The second-order valence-corrected chi connectivity index (χ2v) is 9.14. The number of ketones is 1. The van der Waals surface area contributed by atoms with Crippen molar-refractivity contribution in [1.29, 1.82) is 0 Å². The van der Waals surface area contributed by atoms with Gasteiger partial charge in [-0.15, -0.1) is 0 Å². The van der Waals surface area contributed by atoms with Gasteiger partial charge < -0.3 is 4.90 Å². The molecule has 0 aromatic heterocycles. The van der Waals surface area contributed by atoms with Gasteiger partial charge in [0, 0.05) is 12.5 Å². The molecule has 0 bridgehead atoms. The van der Waals surface area contributed by atoms with E-state index in [0.717, 1.165) is 43.1 Å². The highest BCUT2D eigenvalue weighted by Crippen LogP contribution is 2.43. The van der Waals surface area contributed by atoms with Gasteiger partial charge in [0.1, 0.15) is 0 Å². The lowest BCUT2D eigenvalue weighted by atomic mass is 9.70. The molecule has 0 aromatic rings. The van der Waals surface area contributed by atoms with E-state index in [2.05, 4.69) is 32.8 Å². The van der Waals surface area contributed by atoms with E-state index in [1.165, 1.54) is 56.1 Å². The van der Waals surface area contributed by atoms with Crippen LogP contribution in [0.2, 0.25) is 0 Å². The van der Waals surface area contributed by atoms with E-state index in [-0.39, 0.29) is 0 Å². The summed E-state index contributed by atoms with van der Waals surface area (Å²) < 4.78 is 0. The van der Waals surface area contributed by atoms with Crippen molar-refractivity contribution in [2.75, 3.05) is 14.1 Å². The molecule has 0 saturated heterocycles. The van der Waals surface area contributed by atoms with Crippen LogP contribution >= 0.6 is 0 Å². The quantitative estimate of drug-likeness (QED) is 0.653. The number of hydrogen-bond donors (Lipinski definition) is 0. The summed E-state index contributed by atoms with van der Waals surface area (Å²) in [5.74, 6) is 2.83. The fraction of sp³-hybridized carbons (Fsp3) is 0.783. The van der Waals surface area contributed by atoms with Crippen LogP contribution in [-0.4, -0.2) is 30.8 Å². The second-order valence-electron chi connectivity index (χ2n) is 9.14. The Morgan fingerprint density at radius 1 is 1.08 bits per heavy atom. The van der Waals surface area contributed by atoms with Gasteiger partial charge in [0.2, 0.25) is 0 Å². The van der Waals surface area contributed by atoms with Crippen LogP contribution in [0.4, 0.5) is 0 Å². The van der Waals surface area contributed by atoms with Crippen molar-refractivity contribution in [1.82, 2.24) is 4.90 Å². The zero-order valence-corrected chi connectivity index (χ0v) is 16.8. The molecule has 2 unspecified atom stereocenters. The largest absolute Gasteiger partial charge is 0.306 e. The summed E-state index contributed by atoms with van der Waals surface area (Å²) in [6.45, 7) is 4.82. The van der Waals surface area contributed by atoms with E-state index in [1.54, 1.807) is 5.57 Å². The molecule has 0 amide bonds. The Morgan fingerprint density at radius 3 is 2.48 bits per heavy atom. The number of nitrogens with zero attached hydrogens (tertiary/aromatic N) is 1. The van der Waals surface area contributed by atoms with Crippen molar-refractivity contribution in [3.63, 3.8) is 0 Å². The van der Waals surface area contributed by atoms with Gasteiger partial charge in [-0.05, 0) is 107 Å². The lowest BCUT2D eigenvalue weighted by Gasteiger charge is -2.36. The molecule has 140 valence electrons. The molecule has 3 aliphatic rings. The summed E-state index contributed by atoms with van der Waals surface area (Å²) in [6.07, 6.45) is 14.5. The lowest BCUT2D eigenvalue weighted by Crippen LogP contribution is -2.32. The zero-order valence-electron chi connectivity index (χ0n) is 16.8. The number of allylic oxidation sites excluding steroid dienone is 4. The second kappa shape index (κ2) is 8.20. The smallest absolute Gasteiger partial charge is 0.156 e. The van der Waals surface area contributed by atoms with Crippen LogP contribution in [0.15, 0.2) is 22.8 Å². The summed E-state index contributed by atoms with van der Waals surface area (Å²) in [4.78, 5) is 14.1. The Labute approximate surface area is 154 Å². The van der Waals surface area contributed by atoms with Gasteiger partial charge in [0.05, 0.1) is 0 Å². The highest BCUT2D eigenvalue weighted by atomic mass is 16.1. The van der Waals surface area contributed by atoms with Crippen LogP contribution in [-0.2, 0) is 4.79 Å². The van der Waals surface area contributed by atoms with Crippen molar-refractivity contribution in [3.05, 3.63) is 22.8 Å². The van der Waals surface area contributed by atoms with Gasteiger partial charge in [-0.1, -0.05) is 18.9 Å². The summed E-state index contributed by atoms with van der Waals surface area (Å²) >= 11 is 0. The van der Waals surface area contributed by atoms with Gasteiger partial charge >= 0.3 is 0 Å². The monoisotopic (exact) mass is 343 g/mol. The summed E-state index contributed by atoms with van der Waals surface area (Å²) in [7, 11) is 4.46. The Hall–Kier alpha value is -0.890. The van der Waals surface area contributed by atoms with Crippen molar-refractivity contribution >= 4 is 5.78 Å². The minimum atomic E-state index is 0.339. The molecule has 2 atom stereocenters. The van der Waals surface area contributed by atoms with Crippen LogP contribution in [0.1, 0.15) is 78.1 Å². The third-order valence-corrected chi connectivity index (χ3v) is 7.36. The zero-order chi connectivity index (χ0) is 18.0. The number of hydrogen-bond acceptors (Lipinski definition) is 2. The predicted molar refractivity (Wildman–Crippen MR) is 106 cm³/mol. The van der Waals surface area contributed by atoms with E-state index in [9.17, 15) is 4.79 Å². The molecule has 1 fully saturated rings. The first-order valence-electron chi connectivity index (χ1n) is 10.6. The van der Waals surface area contributed by atoms with Gasteiger partial charge in [-0.3, -0.25) is 4.79 Å². The Kier molecular flexibility index (Phi) is 6.20. The first-order valence-corrected chi connectivity index (χ1v) is 10.6. The maximum Gasteiger partial charge on any atom is 0.156 e. The third kappa shape index (κ3) is 4.45. The molecule has 0 spiro atoms. The first kappa shape index (κ1) is 18.9. The topological polar surface area (TPSA) is 20.3 Å². The molecule has 0 heterocycles. The first-order chi connectivity index (χ1) is 12.0. The van der Waals surface area contributed by atoms with Gasteiger partial charge in [0.25, 0.3) is 0 Å². The molecule has 1 saturated carbocycles. The summed E-state index contributed by atoms with van der Waals surface area (Å²) in [5, 5.41) is 0. The Balaban J connectivity index is 1.52. The molecule has 0 aromatic carbocycles. The van der Waals surface area contributed by atoms with Crippen LogP contribution in [0.3, 0.4) is 0 Å². The Bertz CT molecular complexity index is 548. The molecule has 2 nitrogen and oxygen atoms in total. The number of carbonyl (C=O) groups is 1. The molecule has 25 heavy (non-hydrogen) atoms. The molecule has 3 aliphatic carbocycles. The van der Waals surface area contributed by atoms with E-state index in [0.29, 0.717) is 5.78 Å². The van der Waals surface area contributed by atoms with Gasteiger partial charge in [-0.2, -0.15) is 0 Å². The molecule has 0 N–H and O–H groups in total. The van der Waals surface area contributed by atoms with Crippen LogP contribution in [0.25, 0.3) is 0 Å². The van der Waals surface area contributed by atoms with Crippen molar-refractivity contribution < 1.29 is 4.79 Å². The molecular weight excluding hydrogens is 306 g/mol. The standard InChI is InChI=1S/C23H37NO/c1-16(5-6-18-7-10-20(11-8-18)24(3)4)22-13-9-19-15-21(25)12-14-23(19)17(22)2/h15-16,18,20,22H,5-14H2,1-4H3. The highest BCUT2D eigenvalue weighted by Gasteiger charge is 2.30. The fourth-order valence-corrected chi connectivity index (χ4v) is 5.55. The van der Waals surface area contributed by atoms with Gasteiger partial charge in [-0.25, -0.2) is 0 Å². The van der Waals surface area contributed by atoms with Crippen LogP contribution in [0.5, 0.6) is 0 Å². The highest BCUT2D eigenvalue weighted by molar-refractivity contribution is 5.93. The number of fused-ring (bicyclic) bond motifs is 1. The maximum atomic E-state index is 11.7. The fourth-order valence-electron chi connectivity index (χ4n) is 5.55. The van der Waals surface area contributed by atoms with Gasteiger partial charge in [0.15, 0.2) is 5.78 Å². The number of rotatable bonds is 5. The molecular formula is C23H37NO. The molecule has 0 aliphatic heterocycles.